The van der Waals surface area contributed by atoms with Crippen LogP contribution >= 0.6 is 35.6 Å². The van der Waals surface area contributed by atoms with E-state index in [4.69, 9.17) is 28.6 Å². The maximum absolute atomic E-state index is 12.9. The van der Waals surface area contributed by atoms with Gasteiger partial charge in [-0.15, -0.1) is 0 Å². The van der Waals surface area contributed by atoms with Crippen LogP contribution in [-0.2, 0) is 22.3 Å². The lowest BCUT2D eigenvalue weighted by Crippen LogP contribution is -2.44. The first-order valence-corrected chi connectivity index (χ1v) is 13.0. The molecule has 3 aromatic rings. The van der Waals surface area contributed by atoms with Crippen molar-refractivity contribution in [3.05, 3.63) is 83.1 Å². The molecule has 1 aliphatic heterocycles. The van der Waals surface area contributed by atoms with Crippen molar-refractivity contribution in [1.82, 2.24) is 9.88 Å². The number of hydrogen-bond acceptors (Lipinski definition) is 7. The number of pyridine rings is 1. The molecule has 1 unspecified atom stereocenters. The average molecular weight is 522 g/mol. The normalized spacial score (nSPS) is 18.4. The summed E-state index contributed by atoms with van der Waals surface area (Å²) < 4.78 is 34.1. The van der Waals surface area contributed by atoms with Crippen LogP contribution in [0.4, 0.5) is 5.69 Å². The Balaban J connectivity index is 1.58. The molecule has 1 atom stereocenters. The fraction of sp³-hybridized carbons (Fsp3) is 0.182. The number of nitrogens with zero attached hydrogens (tertiary/aromatic N) is 2. The first kappa shape index (κ1) is 23.8. The van der Waals surface area contributed by atoms with Crippen molar-refractivity contribution in [3.63, 3.8) is 0 Å². The third-order valence-electron chi connectivity index (χ3n) is 5.14. The summed E-state index contributed by atoms with van der Waals surface area (Å²) in [6, 6.07) is 14.7. The van der Waals surface area contributed by atoms with E-state index in [0.717, 1.165) is 5.56 Å². The number of aromatic nitrogens is 1. The summed E-state index contributed by atoms with van der Waals surface area (Å²) in [6.45, 7) is 0.402. The van der Waals surface area contributed by atoms with Crippen LogP contribution in [0.3, 0.4) is 0 Å². The molecule has 11 heteroatoms. The van der Waals surface area contributed by atoms with Gasteiger partial charge in [0.2, 0.25) is 0 Å². The van der Waals surface area contributed by atoms with Gasteiger partial charge in [-0.25, -0.2) is 8.42 Å². The highest BCUT2D eigenvalue weighted by Crippen LogP contribution is 2.40. The molecule has 2 aromatic carbocycles. The molecule has 0 spiro atoms. The summed E-state index contributed by atoms with van der Waals surface area (Å²) in [5.41, 5.74) is 0.518. The highest BCUT2D eigenvalue weighted by molar-refractivity contribution is 8.23. The van der Waals surface area contributed by atoms with Gasteiger partial charge in [0.25, 0.3) is 10.0 Å². The van der Waals surface area contributed by atoms with Gasteiger partial charge < -0.3 is 14.7 Å². The number of thioether (sulfide) groups is 1. The van der Waals surface area contributed by atoms with Gasteiger partial charge in [-0.3, -0.25) is 9.71 Å². The van der Waals surface area contributed by atoms with Gasteiger partial charge in [0.1, 0.15) is 15.0 Å². The number of rotatable bonds is 7. The molecule has 33 heavy (non-hydrogen) atoms. The minimum atomic E-state index is -3.95. The summed E-state index contributed by atoms with van der Waals surface area (Å²) >= 11 is 12.8. The molecule has 1 saturated heterocycles. The maximum Gasteiger partial charge on any atom is 0.265 e. The fourth-order valence-electron chi connectivity index (χ4n) is 3.45. The van der Waals surface area contributed by atoms with Crippen LogP contribution < -0.4 is 9.46 Å². The molecule has 2 heterocycles. The van der Waals surface area contributed by atoms with Crippen LogP contribution in [-0.4, -0.2) is 40.6 Å². The van der Waals surface area contributed by atoms with Gasteiger partial charge in [0.05, 0.1) is 12.9 Å². The summed E-state index contributed by atoms with van der Waals surface area (Å²) in [5, 5.41) is 11.8. The monoisotopic (exact) mass is 521 g/mol. The quantitative estimate of drug-likeness (QED) is 0.446. The van der Waals surface area contributed by atoms with E-state index >= 15 is 0 Å². The molecule has 4 rings (SSSR count). The highest BCUT2D eigenvalue weighted by atomic mass is 35.5. The Morgan fingerprint density at radius 2 is 2.03 bits per heavy atom. The Labute approximate surface area is 206 Å². The van der Waals surface area contributed by atoms with Gasteiger partial charge >= 0.3 is 0 Å². The largest absolute Gasteiger partial charge is 0.495 e. The Hall–Kier alpha value is -2.37. The predicted molar refractivity (Wildman–Crippen MR) is 134 cm³/mol. The van der Waals surface area contributed by atoms with Gasteiger partial charge in [-0.05, 0) is 42.0 Å². The van der Waals surface area contributed by atoms with E-state index in [9.17, 15) is 13.5 Å². The molecule has 1 aliphatic rings. The molecule has 0 bridgehead atoms. The molecule has 0 radical (unpaired) electrons. The zero-order valence-corrected chi connectivity index (χ0v) is 20.6. The molecular formula is C22H20ClN3O4S3. The van der Waals surface area contributed by atoms with Crippen LogP contribution in [0.1, 0.15) is 11.1 Å². The lowest BCUT2D eigenvalue weighted by atomic mass is 10.0. The third-order valence-corrected chi connectivity index (χ3v) is 8.37. The van der Waals surface area contributed by atoms with E-state index < -0.39 is 15.7 Å². The number of aliphatic hydroxyl groups is 1. The summed E-state index contributed by atoms with van der Waals surface area (Å²) in [5.74, 6) is 0.539. The van der Waals surface area contributed by atoms with Gasteiger partial charge in [-0.2, -0.15) is 0 Å². The maximum atomic E-state index is 12.9. The Morgan fingerprint density at radius 3 is 2.70 bits per heavy atom. The van der Waals surface area contributed by atoms with E-state index in [1.807, 2.05) is 12.1 Å². The number of ether oxygens (including phenoxy) is 1. The zero-order chi connectivity index (χ0) is 23.6. The summed E-state index contributed by atoms with van der Waals surface area (Å²) in [7, 11) is -2.56. The van der Waals surface area contributed by atoms with Crippen molar-refractivity contribution in [2.75, 3.05) is 17.6 Å². The average Bonchev–Trinajstić information content (AvgIpc) is 3.09. The Kier molecular flexibility index (Phi) is 6.83. The van der Waals surface area contributed by atoms with Crippen LogP contribution in [0, 0.1) is 0 Å². The van der Waals surface area contributed by atoms with Crippen molar-refractivity contribution < 1.29 is 18.3 Å². The first-order chi connectivity index (χ1) is 15.7. The number of benzene rings is 2. The lowest BCUT2D eigenvalue weighted by Gasteiger charge is -2.34. The SMILES string of the molecule is COc1ccc(Cl)cc1S(=O)(=O)Nc1ccc(C2(O)CSC(=S)N2Cc2cccnc2)cc1. The second-order valence-corrected chi connectivity index (χ2v) is 11.0. The molecular weight excluding hydrogens is 502 g/mol. The molecule has 2 N–H and O–H groups in total. The first-order valence-electron chi connectivity index (χ1n) is 9.75. The topological polar surface area (TPSA) is 91.8 Å². The van der Waals surface area contributed by atoms with Gasteiger partial charge in [0.15, 0.2) is 5.72 Å². The number of sulfonamides is 1. The van der Waals surface area contributed by atoms with Crippen molar-refractivity contribution in [2.24, 2.45) is 0 Å². The lowest BCUT2D eigenvalue weighted by molar-refractivity contribution is -0.0508. The van der Waals surface area contributed by atoms with E-state index in [1.54, 1.807) is 47.6 Å². The molecule has 1 fully saturated rings. The van der Waals surface area contributed by atoms with Crippen LogP contribution in [0.5, 0.6) is 5.75 Å². The number of anilines is 1. The van der Waals surface area contributed by atoms with Gasteiger partial charge in [0, 0.05) is 35.2 Å². The number of thiocarbonyl (C=S) groups is 1. The second-order valence-electron chi connectivity index (χ2n) is 7.30. The minimum absolute atomic E-state index is 0.0691. The Bertz CT molecular complexity index is 1270. The van der Waals surface area contributed by atoms with Gasteiger partial charge in [-0.1, -0.05) is 53.8 Å². The van der Waals surface area contributed by atoms with Crippen LogP contribution in [0.25, 0.3) is 0 Å². The molecule has 0 amide bonds. The van der Waals surface area contributed by atoms with Crippen molar-refractivity contribution >= 4 is 55.6 Å². The third kappa shape index (κ3) is 4.95. The highest BCUT2D eigenvalue weighted by Gasteiger charge is 2.44. The summed E-state index contributed by atoms with van der Waals surface area (Å²) in [4.78, 5) is 5.80. The van der Waals surface area contributed by atoms with E-state index in [-0.39, 0.29) is 15.7 Å². The minimum Gasteiger partial charge on any atom is -0.495 e. The molecule has 0 aliphatic carbocycles. The van der Waals surface area contributed by atoms with E-state index in [2.05, 4.69) is 9.71 Å². The number of nitrogens with one attached hydrogen (secondary N) is 1. The number of halogens is 1. The second kappa shape index (κ2) is 9.47. The zero-order valence-electron chi connectivity index (χ0n) is 17.4. The molecule has 0 saturated carbocycles. The smallest absolute Gasteiger partial charge is 0.265 e. The van der Waals surface area contributed by atoms with Crippen molar-refractivity contribution in [2.45, 2.75) is 17.2 Å². The molecule has 1 aromatic heterocycles. The van der Waals surface area contributed by atoms with E-state index in [1.165, 1.54) is 31.0 Å². The van der Waals surface area contributed by atoms with Crippen molar-refractivity contribution in [3.8, 4) is 5.75 Å². The number of methoxy groups -OCH3 is 1. The predicted octanol–water partition coefficient (Wildman–Crippen LogP) is 4.22. The van der Waals surface area contributed by atoms with E-state index in [0.29, 0.717) is 27.9 Å². The molecule has 172 valence electrons. The fourth-order valence-corrected chi connectivity index (χ4v) is 6.36. The number of hydrogen-bond donors (Lipinski definition) is 2. The van der Waals surface area contributed by atoms with Crippen molar-refractivity contribution in [1.29, 1.82) is 0 Å². The van der Waals surface area contributed by atoms with Crippen LogP contribution in [0.15, 0.2) is 71.9 Å². The van der Waals surface area contributed by atoms with Crippen LogP contribution in [0.2, 0.25) is 5.02 Å². The standard InChI is InChI=1S/C22H20ClN3O4S3/c1-30-19-9-6-17(23)11-20(19)33(28,29)25-18-7-4-16(5-8-18)22(27)14-32-21(31)26(22)13-15-3-2-10-24-12-15/h2-12,25,27H,13-14H2,1H3. The summed E-state index contributed by atoms with van der Waals surface area (Å²) in [6.07, 6.45) is 3.42. The molecule has 7 nitrogen and oxygen atoms in total. The Morgan fingerprint density at radius 1 is 1.27 bits per heavy atom.